The number of halogens is 1. The molecule has 1 amide bonds. The van der Waals surface area contributed by atoms with Crippen LogP contribution >= 0.6 is 0 Å². The standard InChI is InChI=1S/C20H21FN2O2/c1-23-10-14-9-22-20(24)18-8-16(5-6-17(18)19(14)11-23)25-12-13-3-2-4-15(21)7-13/h2-8,14,19H,9-12H2,1H3,(H,22,24)/t14-,19-/m0/s1. The van der Waals surface area contributed by atoms with Crippen LogP contribution in [0.3, 0.4) is 0 Å². The molecule has 1 saturated heterocycles. The second-order valence-electron chi connectivity index (χ2n) is 6.97. The highest BCUT2D eigenvalue weighted by molar-refractivity contribution is 5.96. The molecule has 130 valence electrons. The van der Waals surface area contributed by atoms with Crippen molar-refractivity contribution in [3.63, 3.8) is 0 Å². The van der Waals surface area contributed by atoms with E-state index in [0.29, 0.717) is 29.7 Å². The molecule has 2 aliphatic rings. The quantitative estimate of drug-likeness (QED) is 0.934. The van der Waals surface area contributed by atoms with Crippen molar-refractivity contribution in [3.05, 3.63) is 65.0 Å². The van der Waals surface area contributed by atoms with E-state index in [9.17, 15) is 9.18 Å². The average molecular weight is 340 g/mol. The number of nitrogens with one attached hydrogen (secondary N) is 1. The second-order valence-corrected chi connectivity index (χ2v) is 6.97. The Balaban J connectivity index is 1.57. The maximum absolute atomic E-state index is 13.3. The lowest BCUT2D eigenvalue weighted by Gasteiger charge is -2.17. The first-order valence-corrected chi connectivity index (χ1v) is 8.58. The van der Waals surface area contributed by atoms with Gasteiger partial charge in [-0.25, -0.2) is 4.39 Å². The highest BCUT2D eigenvalue weighted by atomic mass is 19.1. The normalized spacial score (nSPS) is 22.7. The number of carbonyl (C=O) groups is 1. The highest BCUT2D eigenvalue weighted by Crippen LogP contribution is 2.36. The third-order valence-electron chi connectivity index (χ3n) is 5.11. The van der Waals surface area contributed by atoms with Gasteiger partial charge in [0.1, 0.15) is 18.2 Å². The number of nitrogens with zero attached hydrogens (tertiary/aromatic N) is 1. The third-order valence-corrected chi connectivity index (χ3v) is 5.11. The van der Waals surface area contributed by atoms with Gasteiger partial charge in [0.15, 0.2) is 0 Å². The Labute approximate surface area is 146 Å². The third kappa shape index (κ3) is 3.24. The van der Waals surface area contributed by atoms with Crippen LogP contribution in [0.5, 0.6) is 5.75 Å². The first-order valence-electron chi connectivity index (χ1n) is 8.58. The van der Waals surface area contributed by atoms with Crippen LogP contribution in [0.2, 0.25) is 0 Å². The molecule has 25 heavy (non-hydrogen) atoms. The van der Waals surface area contributed by atoms with Crippen LogP contribution in [-0.4, -0.2) is 37.5 Å². The summed E-state index contributed by atoms with van der Waals surface area (Å²) in [6.45, 7) is 2.95. The molecule has 0 bridgehead atoms. The number of rotatable bonds is 3. The van der Waals surface area contributed by atoms with Gasteiger partial charge in [0.05, 0.1) is 0 Å². The van der Waals surface area contributed by atoms with Gasteiger partial charge >= 0.3 is 0 Å². The summed E-state index contributed by atoms with van der Waals surface area (Å²) in [5.41, 5.74) is 2.55. The van der Waals surface area contributed by atoms with Crippen LogP contribution in [0.4, 0.5) is 4.39 Å². The monoisotopic (exact) mass is 340 g/mol. The lowest BCUT2D eigenvalue weighted by atomic mass is 9.87. The number of amides is 1. The fraction of sp³-hybridized carbons (Fsp3) is 0.350. The van der Waals surface area contributed by atoms with Crippen LogP contribution in [0, 0.1) is 11.7 Å². The molecule has 2 aromatic rings. The van der Waals surface area contributed by atoms with Crippen molar-refractivity contribution in [3.8, 4) is 5.75 Å². The van der Waals surface area contributed by atoms with Crippen molar-refractivity contribution < 1.29 is 13.9 Å². The number of ether oxygens (including phenoxy) is 1. The summed E-state index contributed by atoms with van der Waals surface area (Å²) in [7, 11) is 2.12. The zero-order valence-electron chi connectivity index (χ0n) is 14.2. The lowest BCUT2D eigenvalue weighted by Crippen LogP contribution is -2.29. The van der Waals surface area contributed by atoms with Gasteiger partial charge in [-0.1, -0.05) is 18.2 Å². The van der Waals surface area contributed by atoms with Crippen molar-refractivity contribution in [1.82, 2.24) is 10.2 Å². The van der Waals surface area contributed by atoms with Crippen LogP contribution in [0.1, 0.15) is 27.4 Å². The summed E-state index contributed by atoms with van der Waals surface area (Å²) in [4.78, 5) is 14.8. The number of fused-ring (bicyclic) bond motifs is 3. The van der Waals surface area contributed by atoms with Gasteiger partial charge in [-0.3, -0.25) is 4.79 Å². The number of likely N-dealkylation sites (N-methyl/N-ethyl adjacent to an activating group) is 1. The summed E-state index contributed by atoms with van der Waals surface area (Å²) in [6.07, 6.45) is 0. The Kier molecular flexibility index (Phi) is 4.17. The summed E-state index contributed by atoms with van der Waals surface area (Å²) in [5, 5.41) is 3.03. The first kappa shape index (κ1) is 16.1. The Morgan fingerprint density at radius 3 is 2.96 bits per heavy atom. The van der Waals surface area contributed by atoms with E-state index >= 15 is 0 Å². The fourth-order valence-electron chi connectivity index (χ4n) is 3.90. The van der Waals surface area contributed by atoms with Gasteiger partial charge in [-0.05, 0) is 48.4 Å². The molecule has 0 saturated carbocycles. The van der Waals surface area contributed by atoms with Gasteiger partial charge in [0.25, 0.3) is 5.91 Å². The number of carbonyl (C=O) groups excluding carboxylic acids is 1. The highest BCUT2D eigenvalue weighted by Gasteiger charge is 2.36. The molecule has 0 unspecified atom stereocenters. The molecule has 4 nitrogen and oxygen atoms in total. The minimum atomic E-state index is -0.279. The van der Waals surface area contributed by atoms with E-state index in [-0.39, 0.29) is 18.3 Å². The fourth-order valence-corrected chi connectivity index (χ4v) is 3.90. The molecule has 0 radical (unpaired) electrons. The number of hydrogen-bond acceptors (Lipinski definition) is 3. The number of benzene rings is 2. The van der Waals surface area contributed by atoms with E-state index in [1.807, 2.05) is 24.3 Å². The first-order chi connectivity index (χ1) is 12.1. The molecule has 5 heteroatoms. The van der Waals surface area contributed by atoms with Crippen molar-refractivity contribution >= 4 is 5.91 Å². The van der Waals surface area contributed by atoms with Gasteiger partial charge in [0.2, 0.25) is 0 Å². The van der Waals surface area contributed by atoms with Crippen molar-refractivity contribution in [2.45, 2.75) is 12.5 Å². The van der Waals surface area contributed by atoms with Crippen LogP contribution in [0.25, 0.3) is 0 Å². The predicted molar refractivity (Wildman–Crippen MR) is 93.2 cm³/mol. The molecule has 0 aliphatic carbocycles. The Hall–Kier alpha value is -2.40. The molecular weight excluding hydrogens is 319 g/mol. The molecule has 4 rings (SSSR count). The smallest absolute Gasteiger partial charge is 0.251 e. The molecule has 2 aliphatic heterocycles. The summed E-state index contributed by atoms with van der Waals surface area (Å²) in [5.74, 6) is 1.13. The summed E-state index contributed by atoms with van der Waals surface area (Å²) < 4.78 is 19.0. The van der Waals surface area contributed by atoms with Crippen molar-refractivity contribution in [2.24, 2.45) is 5.92 Å². The summed E-state index contributed by atoms with van der Waals surface area (Å²) >= 11 is 0. The molecule has 1 fully saturated rings. The van der Waals surface area contributed by atoms with Crippen LogP contribution < -0.4 is 10.1 Å². The van der Waals surface area contributed by atoms with E-state index in [4.69, 9.17) is 4.74 Å². The van der Waals surface area contributed by atoms with E-state index in [1.54, 1.807) is 6.07 Å². The second kappa shape index (κ2) is 6.48. The topological polar surface area (TPSA) is 41.6 Å². The van der Waals surface area contributed by atoms with Gasteiger partial charge < -0.3 is 15.0 Å². The maximum Gasteiger partial charge on any atom is 0.251 e. The van der Waals surface area contributed by atoms with Crippen molar-refractivity contribution in [1.29, 1.82) is 0 Å². The van der Waals surface area contributed by atoms with E-state index in [0.717, 1.165) is 24.2 Å². The molecule has 0 spiro atoms. The predicted octanol–water partition coefficient (Wildman–Crippen LogP) is 2.79. The summed E-state index contributed by atoms with van der Waals surface area (Å²) in [6, 6.07) is 12.1. The van der Waals surface area contributed by atoms with Crippen LogP contribution in [0.15, 0.2) is 42.5 Å². The zero-order valence-corrected chi connectivity index (χ0v) is 14.2. The van der Waals surface area contributed by atoms with E-state index in [2.05, 4.69) is 17.3 Å². The Morgan fingerprint density at radius 2 is 2.12 bits per heavy atom. The molecule has 2 atom stereocenters. The largest absolute Gasteiger partial charge is 0.489 e. The molecular formula is C20H21FN2O2. The van der Waals surface area contributed by atoms with Gasteiger partial charge in [-0.15, -0.1) is 0 Å². The van der Waals surface area contributed by atoms with E-state index in [1.165, 1.54) is 12.1 Å². The van der Waals surface area contributed by atoms with Gasteiger partial charge in [0, 0.05) is 31.1 Å². The maximum atomic E-state index is 13.3. The Bertz CT molecular complexity index is 808. The number of hydrogen-bond donors (Lipinski definition) is 1. The van der Waals surface area contributed by atoms with Crippen molar-refractivity contribution in [2.75, 3.05) is 26.7 Å². The average Bonchev–Trinajstić information content (AvgIpc) is 2.93. The van der Waals surface area contributed by atoms with Crippen LogP contribution in [-0.2, 0) is 6.61 Å². The zero-order chi connectivity index (χ0) is 17.4. The van der Waals surface area contributed by atoms with Gasteiger partial charge in [-0.2, -0.15) is 0 Å². The van der Waals surface area contributed by atoms with E-state index < -0.39 is 0 Å². The molecule has 2 aromatic carbocycles. The number of likely N-dealkylation sites (tertiary alicyclic amines) is 1. The minimum absolute atomic E-state index is 0.0386. The Morgan fingerprint density at radius 1 is 1.24 bits per heavy atom. The molecule has 1 N–H and O–H groups in total. The lowest BCUT2D eigenvalue weighted by molar-refractivity contribution is 0.0951. The molecule has 2 heterocycles. The minimum Gasteiger partial charge on any atom is -0.489 e. The molecule has 0 aromatic heterocycles. The SMILES string of the molecule is CN1C[C@@H]2CNC(=O)c3cc(OCc4cccc(F)c4)ccc3[C@H]2C1.